The third-order valence-corrected chi connectivity index (χ3v) is 6.85. The molecule has 1 N–H and O–H groups in total. The van der Waals surface area contributed by atoms with Gasteiger partial charge in [0.05, 0.1) is 20.9 Å². The molecular formula is C23H13Cl2O9S-3. The number of aromatic carboxylic acids is 1. The molecule has 2 aromatic carbocycles. The summed E-state index contributed by atoms with van der Waals surface area (Å²) in [6, 6.07) is 4.11. The molecule has 9 nitrogen and oxygen atoms in total. The molecule has 0 saturated heterocycles. The van der Waals surface area contributed by atoms with Gasteiger partial charge in [-0.05, 0) is 72.0 Å². The normalized spacial score (nSPS) is 15.4. The van der Waals surface area contributed by atoms with Crippen LogP contribution in [0.15, 0.2) is 58.0 Å². The number of aryl methyl sites for hydroxylation is 1. The summed E-state index contributed by atoms with van der Waals surface area (Å²) in [5.74, 6) is -5.01. The van der Waals surface area contributed by atoms with Crippen LogP contribution >= 0.6 is 23.2 Å². The van der Waals surface area contributed by atoms with Crippen LogP contribution in [-0.4, -0.2) is 35.8 Å². The largest absolute Gasteiger partial charge is 0.872 e. The molecule has 1 aliphatic carbocycles. The number of benzene rings is 2. The zero-order valence-corrected chi connectivity index (χ0v) is 20.2. The molecule has 0 fully saturated rings. The van der Waals surface area contributed by atoms with E-state index in [9.17, 15) is 42.7 Å². The lowest BCUT2D eigenvalue weighted by Crippen LogP contribution is -2.24. The predicted octanol–water partition coefficient (Wildman–Crippen LogP) is 1.98. The van der Waals surface area contributed by atoms with Crippen LogP contribution in [0.3, 0.4) is 0 Å². The summed E-state index contributed by atoms with van der Waals surface area (Å²) in [6.45, 7) is 2.64. The van der Waals surface area contributed by atoms with Crippen molar-refractivity contribution < 1.29 is 42.7 Å². The smallest absolute Gasteiger partial charge is 0.339 e. The highest BCUT2D eigenvalue weighted by molar-refractivity contribution is 7.85. The molecule has 0 aliphatic heterocycles. The first-order chi connectivity index (χ1) is 16.1. The van der Waals surface area contributed by atoms with Crippen molar-refractivity contribution in [3.8, 4) is 5.75 Å². The number of carboxylic acid groups (broad SMARTS) is 2. The minimum atomic E-state index is -5.10. The zero-order chi connectivity index (χ0) is 26.4. The van der Waals surface area contributed by atoms with Gasteiger partial charge in [-0.1, -0.05) is 40.6 Å². The highest BCUT2D eigenvalue weighted by Crippen LogP contribution is 2.43. The molecule has 3 rings (SSSR count). The van der Waals surface area contributed by atoms with E-state index in [2.05, 4.69) is 0 Å². The number of hydrogen-bond acceptors (Lipinski definition) is 8. The van der Waals surface area contributed by atoms with Crippen molar-refractivity contribution >= 4 is 56.6 Å². The summed E-state index contributed by atoms with van der Waals surface area (Å²) in [6.07, 6.45) is 2.23. The summed E-state index contributed by atoms with van der Waals surface area (Å²) < 4.78 is 35.3. The van der Waals surface area contributed by atoms with Crippen LogP contribution in [0, 0.1) is 6.92 Å². The van der Waals surface area contributed by atoms with E-state index < -0.39 is 54.6 Å². The van der Waals surface area contributed by atoms with Gasteiger partial charge in [-0.15, -0.1) is 0 Å². The van der Waals surface area contributed by atoms with E-state index in [4.69, 9.17) is 23.2 Å². The SMILES string of the molecule is CC1=CC(=C(c2cc(C)c([O-])c(C(=O)[O-])c2)c2c(Cl)ccc(S(=O)(=O)[O-])c2Cl)C=C(C(=O)O)C1=O. The Bertz CT molecular complexity index is 1530. The van der Waals surface area contributed by atoms with Crippen LogP contribution in [-0.2, 0) is 19.7 Å². The van der Waals surface area contributed by atoms with Crippen molar-refractivity contribution in [1.29, 1.82) is 0 Å². The number of allylic oxidation sites excluding steroid dienone is 4. The van der Waals surface area contributed by atoms with Crippen LogP contribution in [0.4, 0.5) is 0 Å². The number of carbonyl (C=O) groups excluding carboxylic acids is 2. The molecule has 0 aromatic heterocycles. The first-order valence-corrected chi connectivity index (χ1v) is 11.7. The quantitative estimate of drug-likeness (QED) is 0.443. The predicted molar refractivity (Wildman–Crippen MR) is 120 cm³/mol. The number of Topliss-reactive ketones (excluding diaryl/α,β-unsaturated/α-hetero) is 1. The van der Waals surface area contributed by atoms with E-state index in [0.717, 1.165) is 24.3 Å². The molecule has 2 aromatic rings. The molecule has 12 heteroatoms. The summed E-state index contributed by atoms with van der Waals surface area (Å²) in [7, 11) is -5.10. The molecule has 0 heterocycles. The van der Waals surface area contributed by atoms with Crippen molar-refractivity contribution in [3.05, 3.63) is 85.4 Å². The van der Waals surface area contributed by atoms with Crippen LogP contribution in [0.2, 0.25) is 10.0 Å². The number of carbonyl (C=O) groups is 3. The Hall–Kier alpha value is -3.44. The van der Waals surface area contributed by atoms with Gasteiger partial charge in [0.1, 0.15) is 15.7 Å². The van der Waals surface area contributed by atoms with Gasteiger partial charge in [0.2, 0.25) is 0 Å². The first kappa shape index (κ1) is 26.2. The Balaban J connectivity index is 2.59. The van der Waals surface area contributed by atoms with Gasteiger partial charge in [-0.2, -0.15) is 0 Å². The Morgan fingerprint density at radius 3 is 2.23 bits per heavy atom. The van der Waals surface area contributed by atoms with E-state index in [0.29, 0.717) is 0 Å². The molecule has 1 aliphatic rings. The minimum Gasteiger partial charge on any atom is -0.872 e. The number of halogens is 2. The molecule has 182 valence electrons. The summed E-state index contributed by atoms with van der Waals surface area (Å²) >= 11 is 12.6. The average Bonchev–Trinajstić information content (AvgIpc) is 2.73. The molecule has 0 saturated carbocycles. The molecule has 0 spiro atoms. The number of aliphatic carboxylic acids is 1. The fraction of sp³-hybridized carbons (Fsp3) is 0.0870. The maximum atomic E-state index is 12.3. The van der Waals surface area contributed by atoms with Gasteiger partial charge >= 0.3 is 5.97 Å². The van der Waals surface area contributed by atoms with Gasteiger partial charge in [0, 0.05) is 5.56 Å². The van der Waals surface area contributed by atoms with Crippen molar-refractivity contribution in [3.63, 3.8) is 0 Å². The first-order valence-electron chi connectivity index (χ1n) is 9.55. The second kappa shape index (κ2) is 9.31. The van der Waals surface area contributed by atoms with Crippen molar-refractivity contribution in [1.82, 2.24) is 0 Å². The summed E-state index contributed by atoms with van der Waals surface area (Å²) in [5.41, 5.74) is -1.90. The summed E-state index contributed by atoms with van der Waals surface area (Å²) in [5, 5.41) is 32.5. The lowest BCUT2D eigenvalue weighted by atomic mass is 9.85. The summed E-state index contributed by atoms with van der Waals surface area (Å²) in [4.78, 5) is 34.7. The molecule has 0 bridgehead atoms. The van der Waals surface area contributed by atoms with Crippen LogP contribution in [0.5, 0.6) is 5.75 Å². The lowest BCUT2D eigenvalue weighted by Gasteiger charge is -2.24. The van der Waals surface area contributed by atoms with E-state index in [-0.39, 0.29) is 38.4 Å². The van der Waals surface area contributed by atoms with Crippen LogP contribution in [0.25, 0.3) is 5.57 Å². The number of carboxylic acids is 2. The average molecular weight is 536 g/mol. The molecule has 0 unspecified atom stereocenters. The van der Waals surface area contributed by atoms with Crippen LogP contribution in [0.1, 0.15) is 34.0 Å². The minimum absolute atomic E-state index is 0.0189. The molecular weight excluding hydrogens is 523 g/mol. The topological polar surface area (TPSA) is 175 Å². The third kappa shape index (κ3) is 4.87. The second-order valence-corrected chi connectivity index (χ2v) is 9.63. The zero-order valence-electron chi connectivity index (χ0n) is 17.8. The Morgan fingerprint density at radius 1 is 1.06 bits per heavy atom. The van der Waals surface area contributed by atoms with Gasteiger partial charge < -0.3 is 24.7 Å². The Kier molecular flexibility index (Phi) is 6.96. The van der Waals surface area contributed by atoms with Crippen LogP contribution < -0.4 is 10.2 Å². The van der Waals surface area contributed by atoms with Crippen molar-refractivity contribution in [2.24, 2.45) is 0 Å². The number of hydrogen-bond donors (Lipinski definition) is 1. The fourth-order valence-electron chi connectivity index (χ4n) is 3.56. The van der Waals surface area contributed by atoms with E-state index in [1.54, 1.807) is 0 Å². The fourth-order valence-corrected chi connectivity index (χ4v) is 4.96. The van der Waals surface area contributed by atoms with Gasteiger partial charge in [0.15, 0.2) is 5.78 Å². The number of ketones is 1. The van der Waals surface area contributed by atoms with Gasteiger partial charge in [0.25, 0.3) is 0 Å². The molecule has 0 atom stereocenters. The van der Waals surface area contributed by atoms with Crippen molar-refractivity contribution in [2.75, 3.05) is 0 Å². The standard InChI is InChI=1S/C23H16Cl2O9S/c1-9-5-11(7-13(20(9)26)22(28)29)17(12-6-10(2)21(27)14(8-12)23(30)31)18-15(24)3-4-16(19(18)25)35(32,33)34/h3-8,26H,1-2H3,(H,28,29)(H,30,31)(H,32,33,34)/p-3. The molecule has 35 heavy (non-hydrogen) atoms. The second-order valence-electron chi connectivity index (χ2n) is 7.50. The Morgan fingerprint density at radius 2 is 1.69 bits per heavy atom. The van der Waals surface area contributed by atoms with Crippen molar-refractivity contribution in [2.45, 2.75) is 18.7 Å². The maximum absolute atomic E-state index is 12.3. The van der Waals surface area contributed by atoms with E-state index in [1.165, 1.54) is 26.0 Å². The highest BCUT2D eigenvalue weighted by Gasteiger charge is 2.27. The highest BCUT2D eigenvalue weighted by atomic mass is 35.5. The monoisotopic (exact) mass is 535 g/mol. The molecule has 0 radical (unpaired) electrons. The van der Waals surface area contributed by atoms with Gasteiger partial charge in [-0.3, -0.25) is 4.79 Å². The van der Waals surface area contributed by atoms with Gasteiger partial charge in [-0.25, -0.2) is 13.2 Å². The maximum Gasteiger partial charge on any atom is 0.339 e. The lowest BCUT2D eigenvalue weighted by molar-refractivity contribution is -0.276. The van der Waals surface area contributed by atoms with E-state index in [1.807, 2.05) is 0 Å². The third-order valence-electron chi connectivity index (χ3n) is 5.15. The Labute approximate surface area is 209 Å². The number of rotatable bonds is 5. The molecule has 0 amide bonds. The van der Waals surface area contributed by atoms with E-state index >= 15 is 0 Å².